The number of carbonyl (C=O) groups is 1. The minimum atomic E-state index is -0.257. The number of aromatic nitrogens is 3. The van der Waals surface area contributed by atoms with E-state index in [1.165, 1.54) is 18.2 Å². The van der Waals surface area contributed by atoms with Crippen molar-refractivity contribution in [1.82, 2.24) is 14.8 Å². The first-order valence-electron chi connectivity index (χ1n) is 8.21. The van der Waals surface area contributed by atoms with E-state index >= 15 is 0 Å². The van der Waals surface area contributed by atoms with Gasteiger partial charge in [-0.05, 0) is 31.9 Å². The van der Waals surface area contributed by atoms with Crippen LogP contribution in [-0.2, 0) is 17.8 Å². The molecule has 6 nitrogen and oxygen atoms in total. The maximum absolute atomic E-state index is 12.4. The van der Waals surface area contributed by atoms with E-state index in [2.05, 4.69) is 20.1 Å². The van der Waals surface area contributed by atoms with E-state index in [0.29, 0.717) is 0 Å². The quantitative estimate of drug-likeness (QED) is 0.843. The molecule has 128 valence electrons. The van der Waals surface area contributed by atoms with Crippen molar-refractivity contribution in [1.29, 1.82) is 0 Å². The van der Waals surface area contributed by atoms with E-state index < -0.39 is 0 Å². The maximum atomic E-state index is 12.4. The van der Waals surface area contributed by atoms with Crippen LogP contribution in [-0.4, -0.2) is 33.0 Å². The molecule has 0 fully saturated rings. The Morgan fingerprint density at radius 1 is 1.33 bits per heavy atom. The van der Waals surface area contributed by atoms with Gasteiger partial charge in [-0.15, -0.1) is 10.2 Å². The summed E-state index contributed by atoms with van der Waals surface area (Å²) in [6, 6.07) is 7.35. The Morgan fingerprint density at radius 3 is 3.04 bits per heavy atom. The molecule has 0 bridgehead atoms. The molecule has 0 unspecified atom stereocenters. The number of amides is 1. The van der Waals surface area contributed by atoms with Crippen LogP contribution in [0.2, 0.25) is 0 Å². The number of methoxy groups -OCH3 is 1. The lowest BCUT2D eigenvalue weighted by molar-refractivity contribution is -0.115. The van der Waals surface area contributed by atoms with Gasteiger partial charge < -0.3 is 14.6 Å². The van der Waals surface area contributed by atoms with Crippen LogP contribution in [0.5, 0.6) is 5.75 Å². The van der Waals surface area contributed by atoms with Crippen LogP contribution in [0.3, 0.4) is 0 Å². The molecule has 1 aromatic carbocycles. The molecule has 0 spiro atoms. The van der Waals surface area contributed by atoms with Crippen molar-refractivity contribution >= 4 is 23.4 Å². The maximum Gasteiger partial charge on any atom is 0.237 e. The third-order valence-electron chi connectivity index (χ3n) is 4.06. The van der Waals surface area contributed by atoms with Crippen LogP contribution in [0.1, 0.15) is 32.0 Å². The summed E-state index contributed by atoms with van der Waals surface area (Å²) in [7, 11) is 1.61. The normalized spacial score (nSPS) is 15.2. The number of fused-ring (bicyclic) bond motifs is 1. The van der Waals surface area contributed by atoms with E-state index in [9.17, 15) is 4.79 Å². The molecular weight excluding hydrogens is 324 g/mol. The Kier molecular flexibility index (Phi) is 5.40. The zero-order valence-corrected chi connectivity index (χ0v) is 14.8. The van der Waals surface area contributed by atoms with E-state index in [0.717, 1.165) is 48.2 Å². The van der Waals surface area contributed by atoms with Gasteiger partial charge in [-0.1, -0.05) is 24.2 Å². The standard InChI is InChI=1S/C17H22N4O2S/c1-12(16(22)18-13-7-6-8-14(11-13)23-2)24-17-20-19-15-9-4-3-5-10-21(15)17/h6-8,11-12H,3-5,9-10H2,1-2H3,(H,18,22)/t12-/m0/s1. The fourth-order valence-corrected chi connectivity index (χ4v) is 3.60. The molecule has 0 radical (unpaired) electrons. The van der Waals surface area contributed by atoms with Crippen molar-refractivity contribution < 1.29 is 9.53 Å². The number of thioether (sulfide) groups is 1. The lowest BCUT2D eigenvalue weighted by Gasteiger charge is -2.13. The summed E-state index contributed by atoms with van der Waals surface area (Å²) in [5, 5.41) is 12.1. The predicted molar refractivity (Wildman–Crippen MR) is 94.5 cm³/mol. The van der Waals surface area contributed by atoms with E-state index in [4.69, 9.17) is 4.74 Å². The minimum absolute atomic E-state index is 0.0563. The van der Waals surface area contributed by atoms with Gasteiger partial charge in [-0.25, -0.2) is 0 Å². The topological polar surface area (TPSA) is 69.0 Å². The fraction of sp³-hybridized carbons (Fsp3) is 0.471. The Hall–Kier alpha value is -2.02. The summed E-state index contributed by atoms with van der Waals surface area (Å²) < 4.78 is 7.34. The highest BCUT2D eigenvalue weighted by atomic mass is 32.2. The summed E-state index contributed by atoms with van der Waals surface area (Å²) in [4.78, 5) is 12.4. The van der Waals surface area contributed by atoms with Gasteiger partial charge >= 0.3 is 0 Å². The third kappa shape index (κ3) is 3.90. The number of benzene rings is 1. The summed E-state index contributed by atoms with van der Waals surface area (Å²) in [5.74, 6) is 1.70. The average Bonchev–Trinajstić information content (AvgIpc) is 2.82. The van der Waals surface area contributed by atoms with Crippen molar-refractivity contribution in [2.45, 2.75) is 49.6 Å². The molecule has 0 saturated carbocycles. The summed E-state index contributed by atoms with van der Waals surface area (Å²) in [6.45, 7) is 2.83. The molecule has 24 heavy (non-hydrogen) atoms. The molecule has 1 amide bonds. The highest BCUT2D eigenvalue weighted by Gasteiger charge is 2.21. The number of aryl methyl sites for hydroxylation is 1. The Morgan fingerprint density at radius 2 is 2.21 bits per heavy atom. The molecular formula is C17H22N4O2S. The zero-order valence-electron chi connectivity index (χ0n) is 14.0. The molecule has 2 heterocycles. The first-order valence-corrected chi connectivity index (χ1v) is 9.09. The summed E-state index contributed by atoms with van der Waals surface area (Å²) >= 11 is 1.46. The summed E-state index contributed by atoms with van der Waals surface area (Å²) in [5.41, 5.74) is 0.729. The largest absolute Gasteiger partial charge is 0.497 e. The van der Waals surface area contributed by atoms with E-state index in [1.807, 2.05) is 25.1 Å². The van der Waals surface area contributed by atoms with Crippen LogP contribution in [0.15, 0.2) is 29.4 Å². The molecule has 1 atom stereocenters. The molecule has 7 heteroatoms. The average molecular weight is 346 g/mol. The first-order chi connectivity index (χ1) is 11.7. The van der Waals surface area contributed by atoms with Gasteiger partial charge in [-0.3, -0.25) is 4.79 Å². The van der Waals surface area contributed by atoms with Gasteiger partial charge in [-0.2, -0.15) is 0 Å². The molecule has 1 aromatic heterocycles. The molecule has 0 aliphatic carbocycles. The van der Waals surface area contributed by atoms with Crippen molar-refractivity contribution in [3.05, 3.63) is 30.1 Å². The Bertz CT molecular complexity index is 716. The molecule has 2 aromatic rings. The highest BCUT2D eigenvalue weighted by Crippen LogP contribution is 2.26. The van der Waals surface area contributed by atoms with Gasteiger partial charge in [0.05, 0.1) is 12.4 Å². The van der Waals surface area contributed by atoms with Gasteiger partial charge in [0, 0.05) is 24.7 Å². The fourth-order valence-electron chi connectivity index (χ4n) is 2.70. The number of carbonyl (C=O) groups excluding carboxylic acids is 1. The number of anilines is 1. The van der Waals surface area contributed by atoms with Gasteiger partial charge in [0.1, 0.15) is 11.6 Å². The van der Waals surface area contributed by atoms with Gasteiger partial charge in [0.2, 0.25) is 5.91 Å². The molecule has 0 saturated heterocycles. The Labute approximate surface area is 146 Å². The van der Waals surface area contributed by atoms with Crippen LogP contribution in [0.25, 0.3) is 0 Å². The minimum Gasteiger partial charge on any atom is -0.497 e. The number of hydrogen-bond donors (Lipinski definition) is 1. The van der Waals surface area contributed by atoms with Crippen molar-refractivity contribution in [2.75, 3.05) is 12.4 Å². The van der Waals surface area contributed by atoms with E-state index in [-0.39, 0.29) is 11.2 Å². The molecule has 1 N–H and O–H groups in total. The second-order valence-electron chi connectivity index (χ2n) is 5.84. The van der Waals surface area contributed by atoms with Crippen LogP contribution >= 0.6 is 11.8 Å². The second-order valence-corrected chi connectivity index (χ2v) is 7.15. The van der Waals surface area contributed by atoms with Crippen LogP contribution in [0.4, 0.5) is 5.69 Å². The number of nitrogens with one attached hydrogen (secondary N) is 1. The summed E-state index contributed by atoms with van der Waals surface area (Å²) in [6.07, 6.45) is 4.50. The number of nitrogens with zero attached hydrogens (tertiary/aromatic N) is 3. The van der Waals surface area contributed by atoms with Gasteiger partial charge in [0.15, 0.2) is 5.16 Å². The molecule has 1 aliphatic rings. The lowest BCUT2D eigenvalue weighted by atomic mass is 10.2. The number of rotatable bonds is 5. The van der Waals surface area contributed by atoms with Crippen molar-refractivity contribution in [3.8, 4) is 5.75 Å². The van der Waals surface area contributed by atoms with Crippen LogP contribution < -0.4 is 10.1 Å². The van der Waals surface area contributed by atoms with Crippen LogP contribution in [0, 0.1) is 0 Å². The number of ether oxygens (including phenoxy) is 1. The zero-order chi connectivity index (χ0) is 16.9. The molecule has 1 aliphatic heterocycles. The van der Waals surface area contributed by atoms with Crippen molar-refractivity contribution in [2.24, 2.45) is 0 Å². The Balaban J connectivity index is 1.65. The monoisotopic (exact) mass is 346 g/mol. The predicted octanol–water partition coefficient (Wildman–Crippen LogP) is 3.13. The van der Waals surface area contributed by atoms with Gasteiger partial charge in [0.25, 0.3) is 0 Å². The smallest absolute Gasteiger partial charge is 0.237 e. The lowest BCUT2D eigenvalue weighted by Crippen LogP contribution is -2.23. The number of hydrogen-bond acceptors (Lipinski definition) is 5. The first kappa shape index (κ1) is 16.8. The van der Waals surface area contributed by atoms with Crippen molar-refractivity contribution in [3.63, 3.8) is 0 Å². The molecule has 3 rings (SSSR count). The second kappa shape index (κ2) is 7.70. The van der Waals surface area contributed by atoms with E-state index in [1.54, 1.807) is 13.2 Å². The SMILES string of the molecule is COc1cccc(NC(=O)[C@H](C)Sc2nnc3n2CCCCC3)c1. The highest BCUT2D eigenvalue weighted by molar-refractivity contribution is 8.00. The third-order valence-corrected chi connectivity index (χ3v) is 5.14.